The molecule has 0 saturated heterocycles. The number of rotatable bonds is 3. The van der Waals surface area contributed by atoms with Crippen LogP contribution in [-0.4, -0.2) is 40.8 Å². The molecule has 0 spiro atoms. The van der Waals surface area contributed by atoms with E-state index in [2.05, 4.69) is 37.2 Å². The van der Waals surface area contributed by atoms with Gasteiger partial charge in [0.1, 0.15) is 23.0 Å². The van der Waals surface area contributed by atoms with Gasteiger partial charge in [0, 0.05) is 57.8 Å². The maximum atomic E-state index is 11.0. The molecule has 7 nitrogen and oxygen atoms in total. The summed E-state index contributed by atoms with van der Waals surface area (Å²) in [7, 11) is 0. The van der Waals surface area contributed by atoms with Crippen molar-refractivity contribution >= 4 is 57.6 Å². The number of carbonyl (C=O) groups is 2. The summed E-state index contributed by atoms with van der Waals surface area (Å²) in [4.78, 5) is 21.5. The standard InChI is InChI=1S/C10H12O4.C10H10O3.CH4.B.I2/c1-6(4-10(13)14)8-3-2-7(11)5-9(8)12;1-6-4-10(12)13-9-5-7(11)2-3-8(6)9;;;1-2/h2-3,5-6,11-12H,4H2,1H3,(H,13,14);2-3,5-6,11H,4H2,1H3;1H4;;. The molecule has 1 aliphatic rings. The molecule has 4 N–H and O–H groups in total. The van der Waals surface area contributed by atoms with Gasteiger partial charge in [-0.25, -0.2) is 0 Å². The molecule has 3 rings (SSSR count). The second-order valence-electron chi connectivity index (χ2n) is 6.54. The van der Waals surface area contributed by atoms with Crippen molar-refractivity contribution in [2.75, 3.05) is 0 Å². The first-order chi connectivity index (χ1) is 13.7. The van der Waals surface area contributed by atoms with Crippen molar-refractivity contribution in [3.63, 3.8) is 0 Å². The van der Waals surface area contributed by atoms with Gasteiger partial charge in [-0.05, 0) is 35.1 Å². The van der Waals surface area contributed by atoms with Crippen LogP contribution in [0.15, 0.2) is 36.4 Å². The topological polar surface area (TPSA) is 124 Å². The highest BCUT2D eigenvalue weighted by Gasteiger charge is 2.23. The highest BCUT2D eigenvalue weighted by atomic mass is 128. The largest absolute Gasteiger partial charge is 0.508 e. The first kappa shape index (κ1) is 31.5. The number of carbonyl (C=O) groups excluding carboxylic acids is 1. The lowest BCUT2D eigenvalue weighted by molar-refractivity contribution is -0.137. The molecular weight excluding hydrogens is 629 g/mol. The summed E-state index contributed by atoms with van der Waals surface area (Å²) in [5.41, 5.74) is 1.52. The Labute approximate surface area is 207 Å². The molecule has 169 valence electrons. The molecule has 2 aromatic rings. The fourth-order valence-corrected chi connectivity index (χ4v) is 2.86. The highest BCUT2D eigenvalue weighted by Crippen LogP contribution is 2.35. The zero-order valence-electron chi connectivity index (χ0n) is 16.4. The van der Waals surface area contributed by atoms with Crippen molar-refractivity contribution in [1.29, 1.82) is 0 Å². The summed E-state index contributed by atoms with van der Waals surface area (Å²) in [5.74, 6) is -0.725. The molecule has 3 radical (unpaired) electrons. The predicted molar refractivity (Wildman–Crippen MR) is 138 cm³/mol. The molecular formula is C21H26BI2O7. The molecule has 0 aliphatic carbocycles. The summed E-state index contributed by atoms with van der Waals surface area (Å²) in [5, 5.41) is 36.2. The van der Waals surface area contributed by atoms with Gasteiger partial charge in [-0.15, -0.1) is 0 Å². The number of aliphatic carboxylic acids is 1. The van der Waals surface area contributed by atoms with E-state index in [0.29, 0.717) is 17.7 Å². The molecule has 31 heavy (non-hydrogen) atoms. The van der Waals surface area contributed by atoms with Crippen molar-refractivity contribution in [2.24, 2.45) is 0 Å². The number of carboxylic acid groups (broad SMARTS) is 1. The second-order valence-corrected chi connectivity index (χ2v) is 6.54. The number of phenols is 3. The van der Waals surface area contributed by atoms with E-state index >= 15 is 0 Å². The molecule has 1 heterocycles. The maximum Gasteiger partial charge on any atom is 0.311 e. The van der Waals surface area contributed by atoms with E-state index in [-0.39, 0.29) is 57.3 Å². The number of benzene rings is 2. The van der Waals surface area contributed by atoms with E-state index in [9.17, 15) is 14.7 Å². The number of aromatic hydroxyl groups is 3. The first-order valence-corrected chi connectivity index (χ1v) is 14.9. The van der Waals surface area contributed by atoms with E-state index in [1.165, 1.54) is 24.3 Å². The fourth-order valence-electron chi connectivity index (χ4n) is 2.86. The van der Waals surface area contributed by atoms with Gasteiger partial charge in [0.2, 0.25) is 0 Å². The number of hydrogen-bond donors (Lipinski definition) is 4. The molecule has 1 aliphatic heterocycles. The van der Waals surface area contributed by atoms with Gasteiger partial charge in [0.15, 0.2) is 0 Å². The Balaban J connectivity index is 0. The van der Waals surface area contributed by atoms with Crippen molar-refractivity contribution in [3.05, 3.63) is 47.5 Å². The van der Waals surface area contributed by atoms with Crippen LogP contribution in [0.25, 0.3) is 0 Å². The average Bonchev–Trinajstić information content (AvgIpc) is 2.62. The Morgan fingerprint density at radius 1 is 1.13 bits per heavy atom. The number of hydrogen-bond acceptors (Lipinski definition) is 6. The number of esters is 1. The Bertz CT molecular complexity index is 862. The minimum Gasteiger partial charge on any atom is -0.508 e. The van der Waals surface area contributed by atoms with E-state index in [1.807, 2.05) is 6.92 Å². The summed E-state index contributed by atoms with van der Waals surface area (Å²) < 4.78 is 4.98. The lowest BCUT2D eigenvalue weighted by Crippen LogP contribution is -2.18. The zero-order chi connectivity index (χ0) is 22.1. The normalized spacial score (nSPS) is 14.5. The molecule has 2 aromatic carbocycles. The van der Waals surface area contributed by atoms with Gasteiger partial charge >= 0.3 is 11.9 Å². The number of phenolic OH excluding ortho intramolecular Hbond substituents is 3. The van der Waals surface area contributed by atoms with Crippen LogP contribution in [0.5, 0.6) is 23.0 Å². The molecule has 0 saturated carbocycles. The molecule has 2 atom stereocenters. The molecule has 10 heteroatoms. The molecule has 2 unspecified atom stereocenters. The van der Waals surface area contributed by atoms with Crippen molar-refractivity contribution < 1.29 is 34.8 Å². The van der Waals surface area contributed by atoms with Gasteiger partial charge < -0.3 is 25.2 Å². The van der Waals surface area contributed by atoms with Crippen molar-refractivity contribution in [2.45, 2.75) is 46.0 Å². The average molecular weight is 655 g/mol. The van der Waals surface area contributed by atoms with E-state index in [0.717, 1.165) is 5.56 Å². The van der Waals surface area contributed by atoms with Crippen LogP contribution in [-0.2, 0) is 9.59 Å². The Morgan fingerprint density at radius 3 is 2.23 bits per heavy atom. The smallest absolute Gasteiger partial charge is 0.311 e. The van der Waals surface area contributed by atoms with Crippen LogP contribution in [0.2, 0.25) is 0 Å². The molecule has 0 amide bonds. The lowest BCUT2D eigenvalue weighted by atomic mass is 9.95. The van der Waals surface area contributed by atoms with Crippen LogP contribution < -0.4 is 4.74 Å². The van der Waals surface area contributed by atoms with E-state index in [4.69, 9.17) is 20.1 Å². The van der Waals surface area contributed by atoms with Crippen LogP contribution >= 0.6 is 37.2 Å². The van der Waals surface area contributed by atoms with Crippen molar-refractivity contribution in [1.82, 2.24) is 0 Å². The number of halogens is 2. The lowest BCUT2D eigenvalue weighted by Gasteiger charge is -2.20. The molecule has 0 fully saturated rings. The number of ether oxygens (including phenoxy) is 1. The first-order valence-electron chi connectivity index (χ1n) is 8.59. The van der Waals surface area contributed by atoms with E-state index < -0.39 is 5.97 Å². The SMILES string of the molecule is C.CC(CC(=O)O)c1ccc(O)cc1O.CC1CC(=O)Oc2cc(O)ccc21.II.[B]. The molecule has 0 bridgehead atoms. The quantitative estimate of drug-likeness (QED) is 0.149. The Morgan fingerprint density at radius 2 is 1.68 bits per heavy atom. The van der Waals surface area contributed by atoms with E-state index in [1.54, 1.807) is 19.1 Å². The van der Waals surface area contributed by atoms with Crippen LogP contribution in [0.3, 0.4) is 0 Å². The fraction of sp³-hybridized carbons (Fsp3) is 0.333. The van der Waals surface area contributed by atoms with Crippen LogP contribution in [0.1, 0.15) is 57.1 Å². The summed E-state index contributed by atoms with van der Waals surface area (Å²) in [6.07, 6.45) is 0.371. The Kier molecular flexibility index (Phi) is 15.4. The van der Waals surface area contributed by atoms with Gasteiger partial charge in [-0.2, -0.15) is 0 Å². The van der Waals surface area contributed by atoms with Gasteiger partial charge in [-0.1, -0.05) is 33.4 Å². The zero-order valence-corrected chi connectivity index (χ0v) is 20.7. The second kappa shape index (κ2) is 15.2. The third-order valence-corrected chi connectivity index (χ3v) is 4.25. The monoisotopic (exact) mass is 655 g/mol. The van der Waals surface area contributed by atoms with Crippen molar-refractivity contribution in [3.8, 4) is 23.0 Å². The molecule has 0 aromatic heterocycles. The summed E-state index contributed by atoms with van der Waals surface area (Å²) >= 11 is 4.24. The summed E-state index contributed by atoms with van der Waals surface area (Å²) in [6.45, 7) is 3.68. The van der Waals surface area contributed by atoms with Crippen LogP contribution in [0.4, 0.5) is 0 Å². The summed E-state index contributed by atoms with van der Waals surface area (Å²) in [6, 6.07) is 9.03. The Hall–Kier alpha value is -1.70. The minimum absolute atomic E-state index is 0. The third-order valence-electron chi connectivity index (χ3n) is 4.25. The minimum atomic E-state index is -0.912. The van der Waals surface area contributed by atoms with Gasteiger partial charge in [0.25, 0.3) is 0 Å². The van der Waals surface area contributed by atoms with Crippen LogP contribution in [0, 0.1) is 0 Å². The highest BCUT2D eigenvalue weighted by molar-refractivity contribution is 15.0. The number of carboxylic acids is 1. The number of fused-ring (bicyclic) bond motifs is 1. The van der Waals surface area contributed by atoms with Gasteiger partial charge in [0.05, 0.1) is 12.8 Å². The maximum absolute atomic E-state index is 11.0. The predicted octanol–water partition coefficient (Wildman–Crippen LogP) is 5.51. The third kappa shape index (κ3) is 9.98. The van der Waals surface area contributed by atoms with Gasteiger partial charge in [-0.3, -0.25) is 9.59 Å².